The molecule has 3 rings (SSSR count). The molecule has 1 aliphatic rings. The molecule has 0 saturated heterocycles. The van der Waals surface area contributed by atoms with E-state index >= 15 is 0 Å². The zero-order valence-corrected chi connectivity index (χ0v) is 16.3. The summed E-state index contributed by atoms with van der Waals surface area (Å²) >= 11 is 0. The van der Waals surface area contributed by atoms with E-state index in [4.69, 9.17) is 4.98 Å². The summed E-state index contributed by atoms with van der Waals surface area (Å²) in [6, 6.07) is 7.83. The minimum Gasteiger partial charge on any atom is -0.352 e. The molecule has 1 aromatic carbocycles. The summed E-state index contributed by atoms with van der Waals surface area (Å²) < 4.78 is 1.93. The van der Waals surface area contributed by atoms with Gasteiger partial charge in [0.05, 0.1) is 17.1 Å². The summed E-state index contributed by atoms with van der Waals surface area (Å²) in [4.78, 5) is 29.4. The van der Waals surface area contributed by atoms with E-state index in [1.165, 1.54) is 19.3 Å². The smallest absolute Gasteiger partial charge is 0.240 e. The van der Waals surface area contributed by atoms with Gasteiger partial charge in [-0.25, -0.2) is 4.98 Å². The Balaban J connectivity index is 1.79. The number of para-hydroxylation sites is 2. The topological polar surface area (TPSA) is 76.0 Å². The highest BCUT2D eigenvalue weighted by Gasteiger charge is 2.21. The molecule has 0 radical (unpaired) electrons. The van der Waals surface area contributed by atoms with Gasteiger partial charge in [0.15, 0.2) is 0 Å². The molecule has 27 heavy (non-hydrogen) atoms. The van der Waals surface area contributed by atoms with Crippen molar-refractivity contribution in [2.75, 3.05) is 0 Å². The number of carbonyl (C=O) groups excluding carboxylic acids is 2. The molecule has 146 valence electrons. The van der Waals surface area contributed by atoms with Gasteiger partial charge in [0.25, 0.3) is 0 Å². The number of rotatable bonds is 7. The lowest BCUT2D eigenvalue weighted by atomic mass is 9.95. The van der Waals surface area contributed by atoms with E-state index in [9.17, 15) is 9.59 Å². The monoisotopic (exact) mass is 370 g/mol. The number of aromatic nitrogens is 2. The SMILES string of the molecule is CCCC(=O)NC(C)c1nc2ccccc2n1CC(=O)NC1CCCCC1. The summed E-state index contributed by atoms with van der Waals surface area (Å²) in [6.45, 7) is 4.12. The lowest BCUT2D eigenvalue weighted by Crippen LogP contribution is -2.38. The molecular formula is C21H30N4O2. The fourth-order valence-electron chi connectivity index (χ4n) is 3.86. The molecule has 2 N–H and O–H groups in total. The average Bonchev–Trinajstić information content (AvgIpc) is 3.01. The Bertz CT molecular complexity index is 793. The molecule has 6 heteroatoms. The van der Waals surface area contributed by atoms with Crippen LogP contribution in [0.4, 0.5) is 0 Å². The number of benzene rings is 1. The Hall–Kier alpha value is -2.37. The molecule has 0 bridgehead atoms. The predicted molar refractivity (Wildman–Crippen MR) is 106 cm³/mol. The second kappa shape index (κ2) is 9.02. The summed E-state index contributed by atoms with van der Waals surface area (Å²) in [5.41, 5.74) is 1.76. The number of nitrogens with one attached hydrogen (secondary N) is 2. The van der Waals surface area contributed by atoms with Gasteiger partial charge in [-0.15, -0.1) is 0 Å². The van der Waals surface area contributed by atoms with E-state index in [1.54, 1.807) is 0 Å². The third kappa shape index (κ3) is 4.87. The van der Waals surface area contributed by atoms with Gasteiger partial charge in [0.2, 0.25) is 11.8 Å². The van der Waals surface area contributed by atoms with Gasteiger partial charge >= 0.3 is 0 Å². The van der Waals surface area contributed by atoms with Crippen LogP contribution in [0.3, 0.4) is 0 Å². The Labute approximate surface area is 160 Å². The minimum atomic E-state index is -0.251. The Kier molecular flexibility index (Phi) is 6.48. The lowest BCUT2D eigenvalue weighted by Gasteiger charge is -2.23. The zero-order chi connectivity index (χ0) is 19.2. The van der Waals surface area contributed by atoms with Crippen molar-refractivity contribution < 1.29 is 9.59 Å². The van der Waals surface area contributed by atoms with E-state index in [-0.39, 0.29) is 30.4 Å². The van der Waals surface area contributed by atoms with Crippen LogP contribution in [0.1, 0.15) is 70.7 Å². The first-order chi connectivity index (χ1) is 13.1. The van der Waals surface area contributed by atoms with E-state index < -0.39 is 0 Å². The van der Waals surface area contributed by atoms with Crippen LogP contribution in [0.5, 0.6) is 0 Å². The first kappa shape index (κ1) is 19.4. The molecule has 1 atom stereocenters. The Morgan fingerprint density at radius 2 is 1.93 bits per heavy atom. The van der Waals surface area contributed by atoms with E-state index in [1.807, 2.05) is 42.7 Å². The van der Waals surface area contributed by atoms with Crippen molar-refractivity contribution in [3.8, 4) is 0 Å². The summed E-state index contributed by atoms with van der Waals surface area (Å²) in [6.07, 6.45) is 7.05. The molecule has 1 aliphatic carbocycles. The fourth-order valence-corrected chi connectivity index (χ4v) is 3.86. The molecule has 1 unspecified atom stereocenters. The maximum Gasteiger partial charge on any atom is 0.240 e. The van der Waals surface area contributed by atoms with Crippen molar-refractivity contribution in [2.45, 2.75) is 77.4 Å². The van der Waals surface area contributed by atoms with Gasteiger partial charge in [0, 0.05) is 12.5 Å². The van der Waals surface area contributed by atoms with Gasteiger partial charge in [-0.1, -0.05) is 38.3 Å². The van der Waals surface area contributed by atoms with Crippen LogP contribution in [-0.2, 0) is 16.1 Å². The lowest BCUT2D eigenvalue weighted by molar-refractivity contribution is -0.122. The maximum absolute atomic E-state index is 12.7. The molecule has 6 nitrogen and oxygen atoms in total. The van der Waals surface area contributed by atoms with Crippen LogP contribution >= 0.6 is 0 Å². The standard InChI is InChI=1S/C21H30N4O2/c1-3-9-19(26)22-15(2)21-24-17-12-7-8-13-18(17)25(21)14-20(27)23-16-10-5-4-6-11-16/h7-8,12-13,15-16H,3-6,9-11,14H2,1-2H3,(H,22,26)(H,23,27). The van der Waals surface area contributed by atoms with E-state index in [0.29, 0.717) is 6.42 Å². The molecule has 2 aromatic rings. The fraction of sp³-hybridized carbons (Fsp3) is 0.571. The van der Waals surface area contributed by atoms with Gasteiger partial charge in [-0.2, -0.15) is 0 Å². The number of fused-ring (bicyclic) bond motifs is 1. The van der Waals surface area contributed by atoms with Crippen LogP contribution in [0.25, 0.3) is 11.0 Å². The van der Waals surface area contributed by atoms with Crippen molar-refractivity contribution in [1.82, 2.24) is 20.2 Å². The number of hydrogen-bond acceptors (Lipinski definition) is 3. The van der Waals surface area contributed by atoms with Gasteiger partial charge in [-0.3, -0.25) is 9.59 Å². The minimum absolute atomic E-state index is 0.00950. The molecule has 1 aromatic heterocycles. The highest BCUT2D eigenvalue weighted by molar-refractivity contribution is 5.82. The average molecular weight is 370 g/mol. The van der Waals surface area contributed by atoms with Crippen molar-refractivity contribution in [3.63, 3.8) is 0 Å². The number of amides is 2. The van der Waals surface area contributed by atoms with Gasteiger partial charge < -0.3 is 15.2 Å². The zero-order valence-electron chi connectivity index (χ0n) is 16.3. The van der Waals surface area contributed by atoms with E-state index in [0.717, 1.165) is 36.1 Å². The molecule has 1 heterocycles. The van der Waals surface area contributed by atoms with Crippen LogP contribution in [0, 0.1) is 0 Å². The van der Waals surface area contributed by atoms with Gasteiger partial charge in [0.1, 0.15) is 12.4 Å². The number of hydrogen-bond donors (Lipinski definition) is 2. The van der Waals surface area contributed by atoms with Crippen LogP contribution in [-0.4, -0.2) is 27.4 Å². The molecule has 0 aliphatic heterocycles. The largest absolute Gasteiger partial charge is 0.352 e. The third-order valence-corrected chi connectivity index (χ3v) is 5.20. The molecule has 0 spiro atoms. The van der Waals surface area contributed by atoms with Crippen LogP contribution in [0.15, 0.2) is 24.3 Å². The highest BCUT2D eigenvalue weighted by Crippen LogP contribution is 2.22. The second-order valence-corrected chi connectivity index (χ2v) is 7.49. The summed E-state index contributed by atoms with van der Waals surface area (Å²) in [5, 5.41) is 6.17. The Morgan fingerprint density at radius 1 is 1.19 bits per heavy atom. The van der Waals surface area contributed by atoms with Crippen molar-refractivity contribution >= 4 is 22.8 Å². The van der Waals surface area contributed by atoms with Gasteiger partial charge in [-0.05, 0) is 38.3 Å². The summed E-state index contributed by atoms with van der Waals surface area (Å²) in [5.74, 6) is 0.744. The molecule has 2 amide bonds. The number of imidazole rings is 1. The molecule has 1 fully saturated rings. The number of carbonyl (C=O) groups is 2. The molecular weight excluding hydrogens is 340 g/mol. The van der Waals surface area contributed by atoms with Crippen LogP contribution in [0.2, 0.25) is 0 Å². The first-order valence-electron chi connectivity index (χ1n) is 10.1. The van der Waals surface area contributed by atoms with Crippen molar-refractivity contribution in [3.05, 3.63) is 30.1 Å². The maximum atomic E-state index is 12.7. The third-order valence-electron chi connectivity index (χ3n) is 5.20. The van der Waals surface area contributed by atoms with Crippen LogP contribution < -0.4 is 10.6 Å². The first-order valence-corrected chi connectivity index (χ1v) is 10.1. The highest BCUT2D eigenvalue weighted by atomic mass is 16.2. The van der Waals surface area contributed by atoms with Crippen molar-refractivity contribution in [1.29, 1.82) is 0 Å². The normalized spacial score (nSPS) is 16.2. The molecule has 1 saturated carbocycles. The van der Waals surface area contributed by atoms with E-state index in [2.05, 4.69) is 10.6 Å². The predicted octanol–water partition coefficient (Wildman–Crippen LogP) is 3.46. The Morgan fingerprint density at radius 3 is 2.67 bits per heavy atom. The summed E-state index contributed by atoms with van der Waals surface area (Å²) in [7, 11) is 0. The quantitative estimate of drug-likeness (QED) is 0.784. The second-order valence-electron chi connectivity index (χ2n) is 7.49. The van der Waals surface area contributed by atoms with Crippen molar-refractivity contribution in [2.24, 2.45) is 0 Å². The number of nitrogens with zero attached hydrogens (tertiary/aromatic N) is 2.